The van der Waals surface area contributed by atoms with E-state index in [1.54, 1.807) is 0 Å². The lowest BCUT2D eigenvalue weighted by Gasteiger charge is -2.43. The number of anilines is 1. The second-order valence-electron chi connectivity index (χ2n) is 5.43. The van der Waals surface area contributed by atoms with Crippen LogP contribution in [0.5, 0.6) is 0 Å². The van der Waals surface area contributed by atoms with E-state index >= 15 is 0 Å². The Morgan fingerprint density at radius 3 is 2.57 bits per heavy atom. The summed E-state index contributed by atoms with van der Waals surface area (Å²) in [7, 11) is 0. The highest BCUT2D eigenvalue weighted by atomic mass is 79.9. The first-order valence-corrected chi connectivity index (χ1v) is 7.98. The molecule has 0 amide bonds. The smallest absolute Gasteiger partial charge is 0.0861 e. The molecule has 0 atom stereocenters. The van der Waals surface area contributed by atoms with Gasteiger partial charge in [-0.05, 0) is 36.6 Å². The Kier molecular flexibility index (Phi) is 3.93. The molecular weight excluding hydrogens is 348 g/mol. The summed E-state index contributed by atoms with van der Waals surface area (Å²) in [6.45, 7) is 0. The standard InChI is InChI=1S/C17H14BrClN2/c18-13-6-7-15(19)16(8-13)21-14-9-17(10-14,11-20)12-4-2-1-3-5-12/h1-8,14,21H,9-10H2. The summed E-state index contributed by atoms with van der Waals surface area (Å²) in [6.07, 6.45) is 1.60. The Labute approximate surface area is 137 Å². The van der Waals surface area contributed by atoms with Crippen LogP contribution in [0.3, 0.4) is 0 Å². The van der Waals surface area contributed by atoms with Gasteiger partial charge in [-0.3, -0.25) is 0 Å². The van der Waals surface area contributed by atoms with E-state index in [2.05, 4.69) is 27.3 Å². The number of nitrogens with zero attached hydrogens (tertiary/aromatic N) is 1. The minimum atomic E-state index is -0.364. The molecule has 0 aromatic heterocycles. The van der Waals surface area contributed by atoms with Crippen LogP contribution in [0.2, 0.25) is 5.02 Å². The molecule has 21 heavy (non-hydrogen) atoms. The van der Waals surface area contributed by atoms with Gasteiger partial charge in [-0.25, -0.2) is 0 Å². The van der Waals surface area contributed by atoms with Gasteiger partial charge in [0.15, 0.2) is 0 Å². The van der Waals surface area contributed by atoms with Crippen molar-refractivity contribution in [1.82, 2.24) is 0 Å². The average Bonchev–Trinajstić information content (AvgIpc) is 2.47. The number of hydrogen-bond donors (Lipinski definition) is 1. The van der Waals surface area contributed by atoms with Crippen LogP contribution in [-0.4, -0.2) is 6.04 Å². The molecule has 0 unspecified atom stereocenters. The number of rotatable bonds is 3. The van der Waals surface area contributed by atoms with Gasteiger partial charge in [0.25, 0.3) is 0 Å². The molecule has 1 saturated carbocycles. The first-order valence-electron chi connectivity index (χ1n) is 6.81. The zero-order valence-corrected chi connectivity index (χ0v) is 13.7. The van der Waals surface area contributed by atoms with E-state index in [0.717, 1.165) is 28.6 Å². The van der Waals surface area contributed by atoms with Crippen LogP contribution in [-0.2, 0) is 5.41 Å². The summed E-state index contributed by atoms with van der Waals surface area (Å²) in [5.41, 5.74) is 1.65. The van der Waals surface area contributed by atoms with Crippen molar-refractivity contribution in [3.63, 3.8) is 0 Å². The molecule has 0 heterocycles. The maximum atomic E-state index is 9.56. The lowest BCUT2D eigenvalue weighted by molar-refractivity contribution is 0.289. The van der Waals surface area contributed by atoms with Gasteiger partial charge < -0.3 is 5.32 Å². The minimum absolute atomic E-state index is 0.275. The predicted octanol–water partition coefficient (Wildman–Crippen LogP) is 5.14. The van der Waals surface area contributed by atoms with Gasteiger partial charge in [0.1, 0.15) is 0 Å². The predicted molar refractivity (Wildman–Crippen MR) is 89.5 cm³/mol. The van der Waals surface area contributed by atoms with E-state index in [-0.39, 0.29) is 11.5 Å². The maximum Gasteiger partial charge on any atom is 0.0861 e. The highest BCUT2D eigenvalue weighted by molar-refractivity contribution is 9.10. The van der Waals surface area contributed by atoms with Crippen LogP contribution >= 0.6 is 27.5 Å². The highest BCUT2D eigenvalue weighted by Crippen LogP contribution is 2.45. The summed E-state index contributed by atoms with van der Waals surface area (Å²) >= 11 is 9.64. The molecule has 0 saturated heterocycles. The van der Waals surface area contributed by atoms with E-state index in [1.807, 2.05) is 48.5 Å². The van der Waals surface area contributed by atoms with Crippen molar-refractivity contribution < 1.29 is 0 Å². The SMILES string of the molecule is N#CC1(c2ccccc2)CC(Nc2cc(Br)ccc2Cl)C1. The third-order valence-corrected chi connectivity index (χ3v) is 4.84. The zero-order valence-electron chi connectivity index (χ0n) is 11.3. The number of halogens is 2. The first-order chi connectivity index (χ1) is 10.1. The van der Waals surface area contributed by atoms with E-state index in [0.29, 0.717) is 5.02 Å². The summed E-state index contributed by atoms with van der Waals surface area (Å²) in [5.74, 6) is 0. The number of benzene rings is 2. The second-order valence-corrected chi connectivity index (χ2v) is 6.76. The lowest BCUT2D eigenvalue weighted by atomic mass is 9.62. The molecule has 1 aliphatic carbocycles. The first kappa shape index (κ1) is 14.4. The van der Waals surface area contributed by atoms with Gasteiger partial charge in [0, 0.05) is 10.5 Å². The van der Waals surface area contributed by atoms with Crippen LogP contribution in [0.15, 0.2) is 53.0 Å². The van der Waals surface area contributed by atoms with Crippen molar-refractivity contribution >= 4 is 33.2 Å². The molecule has 2 aromatic rings. The van der Waals surface area contributed by atoms with E-state index in [4.69, 9.17) is 11.6 Å². The molecule has 0 spiro atoms. The molecule has 2 aromatic carbocycles. The van der Waals surface area contributed by atoms with Gasteiger partial charge in [0.2, 0.25) is 0 Å². The molecular formula is C17H14BrClN2. The van der Waals surface area contributed by atoms with Gasteiger partial charge in [0.05, 0.1) is 22.2 Å². The van der Waals surface area contributed by atoms with Gasteiger partial charge >= 0.3 is 0 Å². The lowest BCUT2D eigenvalue weighted by Crippen LogP contribution is -2.47. The van der Waals surface area contributed by atoms with Crippen molar-refractivity contribution in [2.45, 2.75) is 24.3 Å². The quantitative estimate of drug-likeness (QED) is 0.821. The molecule has 1 N–H and O–H groups in total. The maximum absolute atomic E-state index is 9.56. The van der Waals surface area contributed by atoms with Crippen molar-refractivity contribution in [1.29, 1.82) is 5.26 Å². The Bertz CT molecular complexity index is 688. The molecule has 0 bridgehead atoms. The van der Waals surface area contributed by atoms with E-state index < -0.39 is 0 Å². The molecule has 3 rings (SSSR count). The Morgan fingerprint density at radius 1 is 1.19 bits per heavy atom. The fourth-order valence-electron chi connectivity index (χ4n) is 2.86. The van der Waals surface area contributed by atoms with Crippen molar-refractivity contribution in [2.24, 2.45) is 0 Å². The van der Waals surface area contributed by atoms with Gasteiger partial charge in [-0.15, -0.1) is 0 Å². The minimum Gasteiger partial charge on any atom is -0.381 e. The third-order valence-electron chi connectivity index (χ3n) is 4.02. The van der Waals surface area contributed by atoms with Crippen molar-refractivity contribution in [3.8, 4) is 6.07 Å². The third kappa shape index (κ3) is 2.79. The van der Waals surface area contributed by atoms with E-state index in [1.165, 1.54) is 0 Å². The van der Waals surface area contributed by atoms with Crippen LogP contribution < -0.4 is 5.32 Å². The summed E-state index contributed by atoms with van der Waals surface area (Å²) in [4.78, 5) is 0. The van der Waals surface area contributed by atoms with Crippen molar-refractivity contribution in [2.75, 3.05) is 5.32 Å². The van der Waals surface area contributed by atoms with Gasteiger partial charge in [-0.1, -0.05) is 57.9 Å². The molecule has 0 aliphatic heterocycles. The Morgan fingerprint density at radius 2 is 1.90 bits per heavy atom. The number of nitrogens with one attached hydrogen (secondary N) is 1. The molecule has 1 aliphatic rings. The molecule has 2 nitrogen and oxygen atoms in total. The van der Waals surface area contributed by atoms with E-state index in [9.17, 15) is 5.26 Å². The monoisotopic (exact) mass is 360 g/mol. The molecule has 4 heteroatoms. The molecule has 0 radical (unpaired) electrons. The average molecular weight is 362 g/mol. The largest absolute Gasteiger partial charge is 0.381 e. The zero-order chi connectivity index (χ0) is 14.9. The number of nitriles is 1. The van der Waals surface area contributed by atoms with Gasteiger partial charge in [-0.2, -0.15) is 5.26 Å². The fraction of sp³-hybridized carbons (Fsp3) is 0.235. The summed E-state index contributed by atoms with van der Waals surface area (Å²) < 4.78 is 0.989. The number of hydrogen-bond acceptors (Lipinski definition) is 2. The highest BCUT2D eigenvalue weighted by Gasteiger charge is 2.46. The fourth-order valence-corrected chi connectivity index (χ4v) is 3.39. The van der Waals surface area contributed by atoms with Crippen LogP contribution in [0, 0.1) is 11.3 Å². The normalized spacial score (nSPS) is 24.0. The second kappa shape index (κ2) is 5.71. The summed E-state index contributed by atoms with van der Waals surface area (Å²) in [5, 5.41) is 13.7. The van der Waals surface area contributed by atoms with Crippen molar-refractivity contribution in [3.05, 3.63) is 63.6 Å². The topological polar surface area (TPSA) is 35.8 Å². The van der Waals surface area contributed by atoms with Crippen LogP contribution in [0.25, 0.3) is 0 Å². The molecule has 106 valence electrons. The summed E-state index contributed by atoms with van der Waals surface area (Å²) in [6, 6.07) is 18.5. The molecule has 1 fully saturated rings. The van der Waals surface area contributed by atoms with Crippen LogP contribution in [0.4, 0.5) is 5.69 Å². The Hall–Kier alpha value is -1.50. The van der Waals surface area contributed by atoms with Crippen LogP contribution in [0.1, 0.15) is 18.4 Å². The Balaban J connectivity index is 1.73.